The second-order valence-electron chi connectivity index (χ2n) is 8.85. The topological polar surface area (TPSA) is 125 Å². The highest BCUT2D eigenvalue weighted by Crippen LogP contribution is 2.33. The number of nitrogens with one attached hydrogen (secondary N) is 3. The summed E-state index contributed by atoms with van der Waals surface area (Å²) in [6.07, 6.45) is 12.9. The molecular weight excluding hydrogens is 464 g/mol. The minimum absolute atomic E-state index is 0.0132. The molecule has 0 aliphatic heterocycles. The standard InChI is InChI=1S/C28H24N8O/c1-2-3-4-26(37)32-19-11-18(13-30-14-19)22-5-6-23-27(34-22)28(36-35-23)24-12-20-21(15-31-16-25(20)33-24)17-7-9-29-10-8-17/h5-16,33H,2-4H2,1H3,(H,32,37)(H,35,36). The van der Waals surface area contributed by atoms with Crippen LogP contribution in [0.2, 0.25) is 0 Å². The number of carbonyl (C=O) groups is 1. The van der Waals surface area contributed by atoms with Crippen molar-refractivity contribution in [3.05, 3.63) is 73.6 Å². The summed E-state index contributed by atoms with van der Waals surface area (Å²) in [6.45, 7) is 2.06. The molecule has 0 atom stereocenters. The quantitative estimate of drug-likeness (QED) is 0.263. The molecule has 9 nitrogen and oxygen atoms in total. The maximum atomic E-state index is 12.2. The van der Waals surface area contributed by atoms with Crippen LogP contribution in [0.4, 0.5) is 5.69 Å². The number of H-pyrrole nitrogens is 2. The van der Waals surface area contributed by atoms with Crippen molar-refractivity contribution in [1.29, 1.82) is 0 Å². The summed E-state index contributed by atoms with van der Waals surface area (Å²) in [7, 11) is 0. The van der Waals surface area contributed by atoms with E-state index in [1.165, 1.54) is 0 Å². The first-order valence-electron chi connectivity index (χ1n) is 12.2. The fourth-order valence-corrected chi connectivity index (χ4v) is 4.40. The van der Waals surface area contributed by atoms with Crippen LogP contribution in [0.1, 0.15) is 26.2 Å². The molecule has 9 heteroatoms. The molecule has 182 valence electrons. The van der Waals surface area contributed by atoms with Gasteiger partial charge in [-0.25, -0.2) is 4.98 Å². The van der Waals surface area contributed by atoms with Crippen molar-refractivity contribution in [3.8, 4) is 33.8 Å². The highest BCUT2D eigenvalue weighted by molar-refractivity contribution is 6.00. The number of rotatable bonds is 7. The Bertz CT molecular complexity index is 1720. The number of fused-ring (bicyclic) bond motifs is 2. The van der Waals surface area contributed by atoms with E-state index >= 15 is 0 Å². The number of hydrogen-bond donors (Lipinski definition) is 3. The Hall–Kier alpha value is -4.92. The van der Waals surface area contributed by atoms with E-state index in [1.54, 1.807) is 24.8 Å². The van der Waals surface area contributed by atoms with Crippen LogP contribution in [0.15, 0.2) is 73.6 Å². The van der Waals surface area contributed by atoms with Crippen LogP contribution >= 0.6 is 0 Å². The molecule has 0 unspecified atom stereocenters. The van der Waals surface area contributed by atoms with Crippen LogP contribution in [0.25, 0.3) is 55.7 Å². The summed E-state index contributed by atoms with van der Waals surface area (Å²) in [6, 6.07) is 11.8. The van der Waals surface area contributed by atoms with E-state index in [4.69, 9.17) is 4.98 Å². The molecule has 0 aliphatic carbocycles. The van der Waals surface area contributed by atoms with Crippen molar-refractivity contribution in [2.75, 3.05) is 5.32 Å². The molecule has 6 aromatic rings. The van der Waals surface area contributed by atoms with Gasteiger partial charge in [0.2, 0.25) is 5.91 Å². The fraction of sp³-hybridized carbons (Fsp3) is 0.143. The molecule has 0 spiro atoms. The molecule has 0 aromatic carbocycles. The van der Waals surface area contributed by atoms with Crippen LogP contribution in [-0.4, -0.2) is 41.0 Å². The first-order valence-corrected chi connectivity index (χ1v) is 12.2. The van der Waals surface area contributed by atoms with E-state index in [2.05, 4.69) is 48.4 Å². The Balaban J connectivity index is 1.37. The smallest absolute Gasteiger partial charge is 0.224 e. The van der Waals surface area contributed by atoms with Crippen LogP contribution in [0.3, 0.4) is 0 Å². The van der Waals surface area contributed by atoms with Gasteiger partial charge < -0.3 is 10.3 Å². The molecule has 0 aliphatic rings. The van der Waals surface area contributed by atoms with E-state index in [1.807, 2.05) is 42.7 Å². The lowest BCUT2D eigenvalue weighted by Gasteiger charge is -2.07. The summed E-state index contributed by atoms with van der Waals surface area (Å²) >= 11 is 0. The zero-order valence-electron chi connectivity index (χ0n) is 20.2. The number of hydrogen-bond acceptors (Lipinski definition) is 6. The summed E-state index contributed by atoms with van der Waals surface area (Å²) in [5.41, 5.74) is 8.27. The van der Waals surface area contributed by atoms with Gasteiger partial charge in [0.25, 0.3) is 0 Å². The lowest BCUT2D eigenvalue weighted by atomic mass is 10.1. The van der Waals surface area contributed by atoms with Crippen molar-refractivity contribution < 1.29 is 4.79 Å². The van der Waals surface area contributed by atoms with Crippen molar-refractivity contribution >= 4 is 33.5 Å². The van der Waals surface area contributed by atoms with Crippen LogP contribution in [0, 0.1) is 0 Å². The third kappa shape index (κ3) is 4.42. The molecule has 6 rings (SSSR count). The lowest BCUT2D eigenvalue weighted by Crippen LogP contribution is -2.11. The molecule has 6 heterocycles. The van der Waals surface area contributed by atoms with Gasteiger partial charge in [-0.1, -0.05) is 13.3 Å². The fourth-order valence-electron chi connectivity index (χ4n) is 4.40. The molecule has 37 heavy (non-hydrogen) atoms. The summed E-state index contributed by atoms with van der Waals surface area (Å²) in [5, 5.41) is 11.6. The Morgan fingerprint density at radius 3 is 2.65 bits per heavy atom. The van der Waals surface area contributed by atoms with Gasteiger partial charge in [-0.05, 0) is 48.4 Å². The van der Waals surface area contributed by atoms with Crippen LogP contribution in [-0.2, 0) is 4.79 Å². The molecule has 0 bridgehead atoms. The Labute approximate surface area is 212 Å². The average molecular weight is 489 g/mol. The molecule has 6 aromatic heterocycles. The molecule has 0 radical (unpaired) electrons. The van der Waals surface area contributed by atoms with Crippen LogP contribution < -0.4 is 5.32 Å². The number of nitrogens with zero attached hydrogens (tertiary/aromatic N) is 5. The Morgan fingerprint density at radius 1 is 0.919 bits per heavy atom. The third-order valence-corrected chi connectivity index (χ3v) is 6.27. The zero-order chi connectivity index (χ0) is 25.2. The predicted octanol–water partition coefficient (Wildman–Crippen LogP) is 5.75. The number of aromatic amines is 2. The molecular formula is C28H24N8O. The zero-order valence-corrected chi connectivity index (χ0v) is 20.2. The van der Waals surface area contributed by atoms with Crippen molar-refractivity contribution in [1.82, 2.24) is 35.1 Å². The SMILES string of the molecule is CCCCC(=O)Nc1cncc(-c2ccc3[nH]nc(-c4cc5c(-c6ccncc6)cncc5[nH]4)c3n2)c1. The second kappa shape index (κ2) is 9.62. The van der Waals surface area contributed by atoms with Gasteiger partial charge >= 0.3 is 0 Å². The lowest BCUT2D eigenvalue weighted by molar-refractivity contribution is -0.116. The number of amides is 1. The highest BCUT2D eigenvalue weighted by atomic mass is 16.1. The van der Waals surface area contributed by atoms with Gasteiger partial charge in [0.05, 0.1) is 40.5 Å². The number of anilines is 1. The Morgan fingerprint density at radius 2 is 1.78 bits per heavy atom. The van der Waals surface area contributed by atoms with E-state index in [0.29, 0.717) is 17.8 Å². The first-order chi connectivity index (χ1) is 18.2. The summed E-state index contributed by atoms with van der Waals surface area (Å²) in [5.74, 6) is -0.0132. The van der Waals surface area contributed by atoms with Crippen molar-refractivity contribution in [2.24, 2.45) is 0 Å². The first kappa shape index (κ1) is 22.5. The van der Waals surface area contributed by atoms with Gasteiger partial charge in [-0.2, -0.15) is 5.10 Å². The molecule has 0 fully saturated rings. The number of unbranched alkanes of at least 4 members (excludes halogenated alkanes) is 1. The molecule has 1 amide bonds. The summed E-state index contributed by atoms with van der Waals surface area (Å²) < 4.78 is 0. The van der Waals surface area contributed by atoms with Gasteiger partial charge in [0, 0.05) is 47.7 Å². The molecule has 3 N–H and O–H groups in total. The minimum atomic E-state index is -0.0132. The van der Waals surface area contributed by atoms with E-state index < -0.39 is 0 Å². The maximum absolute atomic E-state index is 12.2. The normalized spacial score (nSPS) is 11.3. The van der Waals surface area contributed by atoms with Crippen molar-refractivity contribution in [2.45, 2.75) is 26.2 Å². The minimum Gasteiger partial charge on any atom is -0.352 e. The van der Waals surface area contributed by atoms with Gasteiger partial charge in [-0.3, -0.25) is 24.8 Å². The average Bonchev–Trinajstić information content (AvgIpc) is 3.56. The predicted molar refractivity (Wildman–Crippen MR) is 144 cm³/mol. The largest absolute Gasteiger partial charge is 0.352 e. The van der Waals surface area contributed by atoms with E-state index in [-0.39, 0.29) is 5.91 Å². The maximum Gasteiger partial charge on any atom is 0.224 e. The van der Waals surface area contributed by atoms with Gasteiger partial charge in [0.1, 0.15) is 11.2 Å². The van der Waals surface area contributed by atoms with Crippen LogP contribution in [0.5, 0.6) is 0 Å². The third-order valence-electron chi connectivity index (χ3n) is 6.27. The second-order valence-corrected chi connectivity index (χ2v) is 8.85. The molecule has 0 saturated carbocycles. The monoisotopic (exact) mass is 488 g/mol. The van der Waals surface area contributed by atoms with Gasteiger partial charge in [-0.15, -0.1) is 0 Å². The van der Waals surface area contributed by atoms with E-state index in [0.717, 1.165) is 62.9 Å². The Kier molecular flexibility index (Phi) is 5.86. The number of carbonyl (C=O) groups excluding carboxylic acids is 1. The number of pyridine rings is 4. The highest BCUT2D eigenvalue weighted by Gasteiger charge is 2.16. The summed E-state index contributed by atoms with van der Waals surface area (Å²) in [4.78, 5) is 33.4. The number of aromatic nitrogens is 7. The van der Waals surface area contributed by atoms with Gasteiger partial charge in [0.15, 0.2) is 0 Å². The van der Waals surface area contributed by atoms with E-state index in [9.17, 15) is 4.79 Å². The molecule has 0 saturated heterocycles. The van der Waals surface area contributed by atoms with Crippen molar-refractivity contribution in [3.63, 3.8) is 0 Å².